The fourth-order valence-electron chi connectivity index (χ4n) is 1.18. The highest BCUT2D eigenvalue weighted by molar-refractivity contribution is 8.00. The summed E-state index contributed by atoms with van der Waals surface area (Å²) in [6.07, 6.45) is 0.367. The van der Waals surface area contributed by atoms with Crippen molar-refractivity contribution in [1.82, 2.24) is 0 Å². The van der Waals surface area contributed by atoms with Gasteiger partial charge >= 0.3 is 0 Å². The first-order valence-electron chi connectivity index (χ1n) is 4.96. The largest absolute Gasteiger partial charge is 0.325 e. The number of thioether (sulfide) groups is 1. The Morgan fingerprint density at radius 3 is 2.53 bits per heavy atom. The molecule has 0 saturated heterocycles. The van der Waals surface area contributed by atoms with Crippen molar-refractivity contribution in [3.8, 4) is 12.1 Å². The van der Waals surface area contributed by atoms with Crippen LogP contribution in [-0.2, 0) is 11.2 Å². The fourth-order valence-corrected chi connectivity index (χ4v) is 1.63. The summed E-state index contributed by atoms with van der Waals surface area (Å²) in [6.45, 7) is 0. The lowest BCUT2D eigenvalue weighted by molar-refractivity contribution is -0.113. The van der Waals surface area contributed by atoms with Crippen LogP contribution in [-0.4, -0.2) is 17.4 Å². The standard InChI is InChI=1S/C12H11N3OS/c13-6-5-10-1-3-11(4-2-10)15-12(16)9-17-8-7-14/h1-4H,5,8-9H2,(H,15,16). The number of benzene rings is 1. The smallest absolute Gasteiger partial charge is 0.234 e. The zero-order chi connectivity index (χ0) is 12.5. The van der Waals surface area contributed by atoms with Crippen LogP contribution in [0.4, 0.5) is 5.69 Å². The van der Waals surface area contributed by atoms with E-state index in [9.17, 15) is 4.79 Å². The Balaban J connectivity index is 2.44. The Bertz CT molecular complexity index is 456. The summed E-state index contributed by atoms with van der Waals surface area (Å²) in [5, 5.41) is 19.5. The number of hydrogen-bond acceptors (Lipinski definition) is 4. The summed E-state index contributed by atoms with van der Waals surface area (Å²) in [7, 11) is 0. The van der Waals surface area contributed by atoms with Gasteiger partial charge in [0.25, 0.3) is 0 Å². The molecule has 0 saturated carbocycles. The molecule has 0 aliphatic carbocycles. The predicted octanol–water partition coefficient (Wildman–Crippen LogP) is 1.95. The van der Waals surface area contributed by atoms with E-state index in [0.717, 1.165) is 5.56 Å². The summed E-state index contributed by atoms with van der Waals surface area (Å²) < 4.78 is 0. The highest BCUT2D eigenvalue weighted by atomic mass is 32.2. The number of nitrogens with zero attached hydrogens (tertiary/aromatic N) is 2. The molecular formula is C12H11N3OS. The highest BCUT2D eigenvalue weighted by Crippen LogP contribution is 2.10. The molecule has 0 aromatic heterocycles. The summed E-state index contributed by atoms with van der Waals surface area (Å²) in [6, 6.07) is 11.2. The van der Waals surface area contributed by atoms with Gasteiger partial charge in [0.05, 0.1) is 30.1 Å². The number of nitriles is 2. The first-order chi connectivity index (χ1) is 8.26. The summed E-state index contributed by atoms with van der Waals surface area (Å²) >= 11 is 1.28. The van der Waals surface area contributed by atoms with Gasteiger partial charge in [-0.1, -0.05) is 12.1 Å². The van der Waals surface area contributed by atoms with Gasteiger partial charge in [0.15, 0.2) is 0 Å². The third-order valence-corrected chi connectivity index (χ3v) is 2.72. The molecule has 1 N–H and O–H groups in total. The maximum atomic E-state index is 11.4. The second kappa shape index (κ2) is 7.32. The maximum absolute atomic E-state index is 11.4. The van der Waals surface area contributed by atoms with E-state index in [1.54, 1.807) is 24.3 Å². The number of rotatable bonds is 5. The van der Waals surface area contributed by atoms with E-state index in [1.165, 1.54) is 11.8 Å². The zero-order valence-corrected chi connectivity index (χ0v) is 9.96. The minimum absolute atomic E-state index is 0.127. The molecule has 0 radical (unpaired) electrons. The van der Waals surface area contributed by atoms with Crippen molar-refractivity contribution >= 4 is 23.4 Å². The lowest BCUT2D eigenvalue weighted by Crippen LogP contribution is -2.14. The topological polar surface area (TPSA) is 76.7 Å². The minimum Gasteiger partial charge on any atom is -0.325 e. The Hall–Kier alpha value is -1.98. The summed E-state index contributed by atoms with van der Waals surface area (Å²) in [5.74, 6) is 0.459. The van der Waals surface area contributed by atoms with E-state index in [2.05, 4.69) is 11.4 Å². The van der Waals surface area contributed by atoms with Crippen molar-refractivity contribution in [3.63, 3.8) is 0 Å². The van der Waals surface area contributed by atoms with E-state index in [0.29, 0.717) is 17.9 Å². The molecule has 1 aromatic rings. The van der Waals surface area contributed by atoms with E-state index in [-0.39, 0.29) is 11.7 Å². The van der Waals surface area contributed by atoms with Gasteiger partial charge in [0, 0.05) is 5.69 Å². The van der Waals surface area contributed by atoms with Gasteiger partial charge in [-0.2, -0.15) is 10.5 Å². The molecule has 0 aliphatic heterocycles. The molecule has 0 fully saturated rings. The molecule has 1 rings (SSSR count). The molecule has 0 atom stereocenters. The van der Waals surface area contributed by atoms with Crippen molar-refractivity contribution in [1.29, 1.82) is 10.5 Å². The van der Waals surface area contributed by atoms with Crippen LogP contribution in [0.15, 0.2) is 24.3 Å². The fraction of sp³-hybridized carbons (Fsp3) is 0.250. The third-order valence-electron chi connectivity index (χ3n) is 1.92. The van der Waals surface area contributed by atoms with Gasteiger partial charge in [-0.05, 0) is 17.7 Å². The van der Waals surface area contributed by atoms with Crippen LogP contribution >= 0.6 is 11.8 Å². The van der Waals surface area contributed by atoms with Gasteiger partial charge in [0.2, 0.25) is 5.91 Å². The van der Waals surface area contributed by atoms with Gasteiger partial charge in [0.1, 0.15) is 0 Å². The van der Waals surface area contributed by atoms with Gasteiger partial charge in [-0.3, -0.25) is 4.79 Å². The molecule has 0 spiro atoms. The normalized spacial score (nSPS) is 9.06. The number of hydrogen-bond donors (Lipinski definition) is 1. The first kappa shape index (κ1) is 13.1. The van der Waals surface area contributed by atoms with Crippen molar-refractivity contribution < 1.29 is 4.79 Å². The zero-order valence-electron chi connectivity index (χ0n) is 9.14. The van der Waals surface area contributed by atoms with Crippen LogP contribution < -0.4 is 5.32 Å². The van der Waals surface area contributed by atoms with Crippen molar-refractivity contribution in [3.05, 3.63) is 29.8 Å². The van der Waals surface area contributed by atoms with Gasteiger partial charge in [-0.25, -0.2) is 0 Å². The quantitative estimate of drug-likeness (QED) is 0.804. The van der Waals surface area contributed by atoms with E-state index >= 15 is 0 Å². The predicted molar refractivity (Wildman–Crippen MR) is 67.3 cm³/mol. The Labute approximate surface area is 104 Å². The van der Waals surface area contributed by atoms with Crippen LogP contribution in [0.2, 0.25) is 0 Å². The van der Waals surface area contributed by atoms with Gasteiger partial charge in [-0.15, -0.1) is 11.8 Å². The van der Waals surface area contributed by atoms with Crippen molar-refractivity contribution in [2.45, 2.75) is 6.42 Å². The number of amides is 1. The number of anilines is 1. The number of carbonyl (C=O) groups excluding carboxylic acids is 1. The number of carbonyl (C=O) groups is 1. The molecule has 0 bridgehead atoms. The lowest BCUT2D eigenvalue weighted by atomic mass is 10.1. The van der Waals surface area contributed by atoms with Crippen LogP contribution in [0.1, 0.15) is 5.56 Å². The molecule has 17 heavy (non-hydrogen) atoms. The summed E-state index contributed by atoms with van der Waals surface area (Å²) in [4.78, 5) is 11.4. The third kappa shape index (κ3) is 5.05. The average molecular weight is 245 g/mol. The Morgan fingerprint density at radius 2 is 1.94 bits per heavy atom. The van der Waals surface area contributed by atoms with Crippen molar-refractivity contribution in [2.24, 2.45) is 0 Å². The Morgan fingerprint density at radius 1 is 1.24 bits per heavy atom. The molecule has 86 valence electrons. The van der Waals surface area contributed by atoms with Crippen molar-refractivity contribution in [2.75, 3.05) is 16.8 Å². The van der Waals surface area contributed by atoms with E-state index in [4.69, 9.17) is 10.5 Å². The molecule has 0 heterocycles. The highest BCUT2D eigenvalue weighted by Gasteiger charge is 2.02. The minimum atomic E-state index is -0.127. The second-order valence-electron chi connectivity index (χ2n) is 3.23. The SMILES string of the molecule is N#CCSCC(=O)Nc1ccc(CC#N)cc1. The molecule has 4 nitrogen and oxygen atoms in total. The molecule has 0 aliphatic rings. The molecule has 5 heteroatoms. The number of nitrogens with one attached hydrogen (secondary N) is 1. The monoisotopic (exact) mass is 245 g/mol. The molecule has 1 aromatic carbocycles. The van der Waals surface area contributed by atoms with Crippen LogP contribution in [0.5, 0.6) is 0 Å². The maximum Gasteiger partial charge on any atom is 0.234 e. The average Bonchev–Trinajstić information content (AvgIpc) is 2.32. The van der Waals surface area contributed by atoms with E-state index < -0.39 is 0 Å². The van der Waals surface area contributed by atoms with E-state index in [1.807, 2.05) is 6.07 Å². The first-order valence-corrected chi connectivity index (χ1v) is 6.12. The molecule has 0 unspecified atom stereocenters. The lowest BCUT2D eigenvalue weighted by Gasteiger charge is -2.04. The van der Waals surface area contributed by atoms with Crippen LogP contribution in [0, 0.1) is 22.7 Å². The molecule has 1 amide bonds. The second-order valence-corrected chi connectivity index (χ2v) is 4.22. The summed E-state index contributed by atoms with van der Waals surface area (Å²) in [5.41, 5.74) is 1.62. The molecular weight excluding hydrogens is 234 g/mol. The van der Waals surface area contributed by atoms with Gasteiger partial charge < -0.3 is 5.32 Å². The Kier molecular flexibility index (Phi) is 5.63. The van der Waals surface area contributed by atoms with Crippen LogP contribution in [0.3, 0.4) is 0 Å². The van der Waals surface area contributed by atoms with Crippen LogP contribution in [0.25, 0.3) is 0 Å².